The van der Waals surface area contributed by atoms with Crippen molar-refractivity contribution in [2.45, 2.75) is 19.3 Å². The van der Waals surface area contributed by atoms with Gasteiger partial charge < -0.3 is 10.2 Å². The van der Waals surface area contributed by atoms with Gasteiger partial charge in [0.05, 0.1) is 11.4 Å². The number of amides is 1. The Labute approximate surface area is 125 Å². The summed E-state index contributed by atoms with van der Waals surface area (Å²) in [6, 6.07) is 17.4. The maximum Gasteiger partial charge on any atom is 0.255 e. The molecule has 0 unspecified atom stereocenters. The fourth-order valence-corrected chi connectivity index (χ4v) is 2.77. The third-order valence-corrected chi connectivity index (χ3v) is 3.88. The molecule has 1 fully saturated rings. The van der Waals surface area contributed by atoms with Crippen LogP contribution in [0, 0.1) is 0 Å². The van der Waals surface area contributed by atoms with E-state index < -0.39 is 0 Å². The van der Waals surface area contributed by atoms with Crippen LogP contribution in [0.5, 0.6) is 0 Å². The van der Waals surface area contributed by atoms with Gasteiger partial charge in [0.1, 0.15) is 0 Å². The van der Waals surface area contributed by atoms with E-state index in [1.165, 1.54) is 19.3 Å². The lowest BCUT2D eigenvalue weighted by molar-refractivity contribution is 0.102. The second-order valence-corrected chi connectivity index (χ2v) is 5.39. The van der Waals surface area contributed by atoms with Crippen molar-refractivity contribution in [1.82, 2.24) is 0 Å². The van der Waals surface area contributed by atoms with Crippen LogP contribution in [-0.4, -0.2) is 19.0 Å². The van der Waals surface area contributed by atoms with Gasteiger partial charge in [-0.15, -0.1) is 0 Å². The van der Waals surface area contributed by atoms with Gasteiger partial charge in [-0.3, -0.25) is 4.79 Å². The number of anilines is 2. The first-order valence-electron chi connectivity index (χ1n) is 7.55. The van der Waals surface area contributed by atoms with Gasteiger partial charge in [0.25, 0.3) is 5.91 Å². The van der Waals surface area contributed by atoms with Crippen LogP contribution in [0.1, 0.15) is 29.6 Å². The highest BCUT2D eigenvalue weighted by Crippen LogP contribution is 2.28. The number of para-hydroxylation sites is 2. The third kappa shape index (κ3) is 3.24. The number of nitrogens with one attached hydrogen (secondary N) is 1. The highest BCUT2D eigenvalue weighted by molar-refractivity contribution is 6.05. The summed E-state index contributed by atoms with van der Waals surface area (Å²) in [4.78, 5) is 14.7. The lowest BCUT2D eigenvalue weighted by Crippen LogP contribution is -2.30. The molecular formula is C18H20N2O. The Morgan fingerprint density at radius 1 is 0.857 bits per heavy atom. The first-order chi connectivity index (χ1) is 10.3. The van der Waals surface area contributed by atoms with Gasteiger partial charge in [0.15, 0.2) is 0 Å². The van der Waals surface area contributed by atoms with E-state index in [1.807, 2.05) is 48.5 Å². The fourth-order valence-electron chi connectivity index (χ4n) is 2.77. The molecule has 1 heterocycles. The number of carbonyl (C=O) groups is 1. The van der Waals surface area contributed by atoms with Crippen molar-refractivity contribution >= 4 is 17.3 Å². The molecule has 1 aliphatic rings. The minimum atomic E-state index is -0.0555. The van der Waals surface area contributed by atoms with E-state index in [9.17, 15) is 4.79 Å². The van der Waals surface area contributed by atoms with Gasteiger partial charge in [-0.2, -0.15) is 0 Å². The number of benzene rings is 2. The average molecular weight is 280 g/mol. The molecule has 0 atom stereocenters. The van der Waals surface area contributed by atoms with Crippen molar-refractivity contribution in [3.63, 3.8) is 0 Å². The van der Waals surface area contributed by atoms with Crippen molar-refractivity contribution < 1.29 is 4.79 Å². The lowest BCUT2D eigenvalue weighted by atomic mass is 10.1. The maximum absolute atomic E-state index is 12.3. The van der Waals surface area contributed by atoms with Gasteiger partial charge in [0, 0.05) is 18.7 Å². The first kappa shape index (κ1) is 13.7. The Balaban J connectivity index is 1.80. The van der Waals surface area contributed by atoms with E-state index in [-0.39, 0.29) is 5.91 Å². The minimum Gasteiger partial charge on any atom is -0.370 e. The molecule has 108 valence electrons. The zero-order chi connectivity index (χ0) is 14.5. The number of nitrogens with zero attached hydrogens (tertiary/aromatic N) is 1. The van der Waals surface area contributed by atoms with Gasteiger partial charge in [0.2, 0.25) is 0 Å². The first-order valence-corrected chi connectivity index (χ1v) is 7.55. The topological polar surface area (TPSA) is 32.3 Å². The van der Waals surface area contributed by atoms with E-state index in [4.69, 9.17) is 0 Å². The van der Waals surface area contributed by atoms with Crippen LogP contribution in [0.2, 0.25) is 0 Å². The number of hydrogen-bond acceptors (Lipinski definition) is 2. The van der Waals surface area contributed by atoms with Crippen LogP contribution in [0.25, 0.3) is 0 Å². The molecule has 0 saturated carbocycles. The molecule has 1 amide bonds. The summed E-state index contributed by atoms with van der Waals surface area (Å²) in [5, 5.41) is 3.04. The zero-order valence-electron chi connectivity index (χ0n) is 12.1. The normalized spacial score (nSPS) is 14.8. The van der Waals surface area contributed by atoms with E-state index >= 15 is 0 Å². The fraction of sp³-hybridized carbons (Fsp3) is 0.278. The smallest absolute Gasteiger partial charge is 0.255 e. The molecule has 1 saturated heterocycles. The van der Waals surface area contributed by atoms with E-state index in [1.54, 1.807) is 0 Å². The second-order valence-electron chi connectivity index (χ2n) is 5.39. The number of carbonyl (C=O) groups excluding carboxylic acids is 1. The Kier molecular flexibility index (Phi) is 4.20. The Morgan fingerprint density at radius 3 is 2.29 bits per heavy atom. The van der Waals surface area contributed by atoms with Crippen molar-refractivity contribution in [1.29, 1.82) is 0 Å². The largest absolute Gasteiger partial charge is 0.370 e. The maximum atomic E-state index is 12.3. The van der Waals surface area contributed by atoms with E-state index in [2.05, 4.69) is 16.3 Å². The highest BCUT2D eigenvalue weighted by atomic mass is 16.1. The van der Waals surface area contributed by atoms with Gasteiger partial charge in [-0.25, -0.2) is 0 Å². The predicted molar refractivity (Wildman–Crippen MR) is 86.9 cm³/mol. The number of rotatable bonds is 3. The van der Waals surface area contributed by atoms with Crippen molar-refractivity contribution in [3.05, 3.63) is 60.2 Å². The molecule has 3 heteroatoms. The van der Waals surface area contributed by atoms with Gasteiger partial charge >= 0.3 is 0 Å². The van der Waals surface area contributed by atoms with Gasteiger partial charge in [-0.1, -0.05) is 30.3 Å². The van der Waals surface area contributed by atoms with Crippen LogP contribution in [0.4, 0.5) is 11.4 Å². The molecule has 0 radical (unpaired) electrons. The molecular weight excluding hydrogens is 260 g/mol. The van der Waals surface area contributed by atoms with Crippen molar-refractivity contribution in [3.8, 4) is 0 Å². The quantitative estimate of drug-likeness (QED) is 0.924. The highest BCUT2D eigenvalue weighted by Gasteiger charge is 2.15. The van der Waals surface area contributed by atoms with Crippen molar-refractivity contribution in [2.75, 3.05) is 23.3 Å². The summed E-state index contributed by atoms with van der Waals surface area (Å²) in [5.41, 5.74) is 2.71. The SMILES string of the molecule is O=C(Nc1ccccc1N1CCCCC1)c1ccccc1. The number of piperidine rings is 1. The lowest BCUT2D eigenvalue weighted by Gasteiger charge is -2.30. The molecule has 0 bridgehead atoms. The summed E-state index contributed by atoms with van der Waals surface area (Å²) < 4.78 is 0. The molecule has 2 aromatic rings. The zero-order valence-corrected chi connectivity index (χ0v) is 12.1. The third-order valence-electron chi connectivity index (χ3n) is 3.88. The van der Waals surface area contributed by atoms with E-state index in [0.717, 1.165) is 24.5 Å². The molecule has 0 spiro atoms. The summed E-state index contributed by atoms with van der Waals surface area (Å²) >= 11 is 0. The van der Waals surface area contributed by atoms with Crippen LogP contribution in [0.15, 0.2) is 54.6 Å². The standard InChI is InChI=1S/C18H20N2O/c21-18(15-9-3-1-4-10-15)19-16-11-5-6-12-17(16)20-13-7-2-8-14-20/h1,3-6,9-12H,2,7-8,13-14H2,(H,19,21). The van der Waals surface area contributed by atoms with Crippen LogP contribution in [0.3, 0.4) is 0 Å². The summed E-state index contributed by atoms with van der Waals surface area (Å²) in [5.74, 6) is -0.0555. The van der Waals surface area contributed by atoms with Crippen LogP contribution >= 0.6 is 0 Å². The Bertz CT molecular complexity index is 604. The molecule has 2 aromatic carbocycles. The minimum absolute atomic E-state index is 0.0555. The number of hydrogen-bond donors (Lipinski definition) is 1. The molecule has 3 rings (SSSR count). The van der Waals surface area contributed by atoms with Crippen LogP contribution < -0.4 is 10.2 Å². The van der Waals surface area contributed by atoms with Crippen LogP contribution in [-0.2, 0) is 0 Å². The Hall–Kier alpha value is -2.29. The van der Waals surface area contributed by atoms with Crippen molar-refractivity contribution in [2.24, 2.45) is 0 Å². The summed E-state index contributed by atoms with van der Waals surface area (Å²) in [7, 11) is 0. The predicted octanol–water partition coefficient (Wildman–Crippen LogP) is 3.93. The van der Waals surface area contributed by atoms with E-state index in [0.29, 0.717) is 5.56 Å². The summed E-state index contributed by atoms with van der Waals surface area (Å²) in [6.07, 6.45) is 3.75. The Morgan fingerprint density at radius 2 is 1.52 bits per heavy atom. The second kappa shape index (κ2) is 6.44. The molecule has 0 aliphatic carbocycles. The average Bonchev–Trinajstić information content (AvgIpc) is 2.57. The molecule has 1 aliphatic heterocycles. The summed E-state index contributed by atoms with van der Waals surface area (Å²) in [6.45, 7) is 2.14. The molecule has 21 heavy (non-hydrogen) atoms. The van der Waals surface area contributed by atoms with Gasteiger partial charge in [-0.05, 0) is 43.5 Å². The molecule has 1 N–H and O–H groups in total. The molecule has 3 nitrogen and oxygen atoms in total. The molecule has 0 aromatic heterocycles. The monoisotopic (exact) mass is 280 g/mol.